The number of unbranched alkanes of at least 4 members (excludes halogenated alkanes) is 20. The SMILES string of the molecule is CC/C=C\C/C=C\C/C=C\C/C=C\CCCCCCCCC(=O)OC(COC(=O)CCCCCC/C=C\C/C=C\C/C=C\C/C=C\CC)COP(=O)(O)OCC(CO)OC(=O)CCCCCCCCCCCCC. The number of ether oxygens (including phenoxy) is 3. The summed E-state index contributed by atoms with van der Waals surface area (Å²) in [5, 5.41) is 9.80. The van der Waals surface area contributed by atoms with Crippen molar-refractivity contribution in [1.29, 1.82) is 0 Å². The van der Waals surface area contributed by atoms with Crippen molar-refractivity contribution in [3.05, 3.63) is 97.2 Å². The van der Waals surface area contributed by atoms with Gasteiger partial charge in [0, 0.05) is 19.3 Å². The van der Waals surface area contributed by atoms with E-state index < -0.39 is 57.8 Å². The van der Waals surface area contributed by atoms with Crippen LogP contribution in [0, 0.1) is 0 Å². The minimum atomic E-state index is -4.76. The molecule has 0 rings (SSSR count). The average molecular weight is 1060 g/mol. The Labute approximate surface area is 451 Å². The normalized spacial score (nSPS) is 14.1. The Hall–Kier alpha value is -3.60. The van der Waals surface area contributed by atoms with Crippen LogP contribution in [-0.2, 0) is 42.2 Å². The highest BCUT2D eigenvalue weighted by Gasteiger charge is 2.28. The van der Waals surface area contributed by atoms with Gasteiger partial charge in [0.2, 0.25) is 0 Å². The van der Waals surface area contributed by atoms with E-state index in [1.54, 1.807) is 0 Å². The molecule has 0 saturated carbocycles. The van der Waals surface area contributed by atoms with E-state index in [-0.39, 0.29) is 25.9 Å². The van der Waals surface area contributed by atoms with Crippen LogP contribution in [0.15, 0.2) is 97.2 Å². The lowest BCUT2D eigenvalue weighted by Gasteiger charge is -2.21. The lowest BCUT2D eigenvalue weighted by molar-refractivity contribution is -0.161. The van der Waals surface area contributed by atoms with Crippen LogP contribution in [0.3, 0.4) is 0 Å². The maximum Gasteiger partial charge on any atom is 0.472 e. The van der Waals surface area contributed by atoms with Gasteiger partial charge >= 0.3 is 25.7 Å². The van der Waals surface area contributed by atoms with Gasteiger partial charge < -0.3 is 24.2 Å². The molecule has 0 spiro atoms. The average Bonchev–Trinajstić information content (AvgIpc) is 3.39. The van der Waals surface area contributed by atoms with E-state index in [2.05, 4.69) is 118 Å². The molecule has 0 aromatic heterocycles. The van der Waals surface area contributed by atoms with Crippen molar-refractivity contribution in [1.82, 2.24) is 0 Å². The van der Waals surface area contributed by atoms with Gasteiger partial charge in [0.05, 0.1) is 19.8 Å². The molecule has 0 heterocycles. The molecule has 0 aliphatic heterocycles. The van der Waals surface area contributed by atoms with Crippen molar-refractivity contribution in [3.63, 3.8) is 0 Å². The molecule has 0 radical (unpaired) electrons. The van der Waals surface area contributed by atoms with E-state index in [9.17, 15) is 28.9 Å². The Kier molecular flexibility index (Phi) is 52.9. The summed E-state index contributed by atoms with van der Waals surface area (Å²) in [4.78, 5) is 48.5. The monoisotopic (exact) mass is 1060 g/mol. The van der Waals surface area contributed by atoms with Gasteiger partial charge in [-0.3, -0.25) is 23.4 Å². The molecule has 3 unspecified atom stereocenters. The van der Waals surface area contributed by atoms with Gasteiger partial charge in [0.25, 0.3) is 0 Å². The summed E-state index contributed by atoms with van der Waals surface area (Å²) < 4.78 is 39.5. The van der Waals surface area contributed by atoms with Gasteiger partial charge in [0.1, 0.15) is 12.7 Å². The molecular weight excluding hydrogens is 952 g/mol. The molecule has 0 aliphatic rings. The number of esters is 3. The number of carbonyl (C=O) groups excluding carboxylic acids is 3. The Bertz CT molecular complexity index is 1610. The van der Waals surface area contributed by atoms with Crippen LogP contribution >= 0.6 is 7.82 Å². The maximum atomic E-state index is 12.9. The second-order valence-electron chi connectivity index (χ2n) is 19.0. The van der Waals surface area contributed by atoms with Crippen LogP contribution in [0.2, 0.25) is 0 Å². The predicted octanol–water partition coefficient (Wildman–Crippen LogP) is 17.3. The Morgan fingerprint density at radius 2 is 0.703 bits per heavy atom. The van der Waals surface area contributed by atoms with E-state index in [4.69, 9.17) is 23.3 Å². The molecule has 0 bridgehead atoms. The highest BCUT2D eigenvalue weighted by molar-refractivity contribution is 7.47. The molecule has 2 N–H and O–H groups in total. The summed E-state index contributed by atoms with van der Waals surface area (Å²) in [6.45, 7) is 4.37. The quantitative estimate of drug-likeness (QED) is 0.0197. The Morgan fingerprint density at radius 1 is 0.392 bits per heavy atom. The molecule has 12 heteroatoms. The molecule has 0 aromatic rings. The minimum Gasteiger partial charge on any atom is -0.462 e. The van der Waals surface area contributed by atoms with E-state index >= 15 is 0 Å². The molecule has 424 valence electrons. The van der Waals surface area contributed by atoms with Gasteiger partial charge in [-0.15, -0.1) is 0 Å². The minimum absolute atomic E-state index is 0.142. The first-order valence-electron chi connectivity index (χ1n) is 29.1. The van der Waals surface area contributed by atoms with E-state index in [0.717, 1.165) is 135 Å². The van der Waals surface area contributed by atoms with Crippen LogP contribution in [0.25, 0.3) is 0 Å². The number of aliphatic hydroxyl groups excluding tert-OH is 1. The molecule has 11 nitrogen and oxygen atoms in total. The molecule has 0 aliphatic carbocycles. The second-order valence-corrected chi connectivity index (χ2v) is 20.5. The van der Waals surface area contributed by atoms with Crippen LogP contribution in [0.5, 0.6) is 0 Å². The van der Waals surface area contributed by atoms with Crippen LogP contribution in [0.1, 0.15) is 239 Å². The molecule has 0 amide bonds. The second kappa shape index (κ2) is 55.6. The molecule has 74 heavy (non-hydrogen) atoms. The van der Waals surface area contributed by atoms with Gasteiger partial charge in [-0.1, -0.05) is 221 Å². The van der Waals surface area contributed by atoms with Crippen molar-refractivity contribution in [2.24, 2.45) is 0 Å². The van der Waals surface area contributed by atoms with Crippen molar-refractivity contribution >= 4 is 25.7 Å². The van der Waals surface area contributed by atoms with Gasteiger partial charge in [-0.2, -0.15) is 0 Å². The highest BCUT2D eigenvalue weighted by Crippen LogP contribution is 2.43. The van der Waals surface area contributed by atoms with Gasteiger partial charge in [-0.25, -0.2) is 4.57 Å². The highest BCUT2D eigenvalue weighted by atomic mass is 31.2. The number of allylic oxidation sites excluding steroid dienone is 16. The number of phosphoric acid groups is 1. The third-order valence-electron chi connectivity index (χ3n) is 12.0. The zero-order chi connectivity index (χ0) is 54.1. The summed E-state index contributed by atoms with van der Waals surface area (Å²) in [5.41, 5.74) is 0. The summed E-state index contributed by atoms with van der Waals surface area (Å²) >= 11 is 0. The summed E-state index contributed by atoms with van der Waals surface area (Å²) in [7, 11) is -4.76. The third-order valence-corrected chi connectivity index (χ3v) is 13.0. The third kappa shape index (κ3) is 53.2. The van der Waals surface area contributed by atoms with E-state index in [1.807, 2.05) is 0 Å². The molecule has 3 atom stereocenters. The van der Waals surface area contributed by atoms with Gasteiger partial charge in [0.15, 0.2) is 6.10 Å². The van der Waals surface area contributed by atoms with Gasteiger partial charge in [-0.05, 0) is 96.3 Å². The maximum absolute atomic E-state index is 12.9. The van der Waals surface area contributed by atoms with Crippen molar-refractivity contribution in [3.8, 4) is 0 Å². The van der Waals surface area contributed by atoms with Crippen LogP contribution in [0.4, 0.5) is 0 Å². The fourth-order valence-electron chi connectivity index (χ4n) is 7.63. The zero-order valence-electron chi connectivity index (χ0n) is 46.8. The van der Waals surface area contributed by atoms with E-state index in [0.29, 0.717) is 19.3 Å². The molecule has 0 aromatic carbocycles. The molecular formula is C62H105O11P. The zero-order valence-corrected chi connectivity index (χ0v) is 47.7. The lowest BCUT2D eigenvalue weighted by atomic mass is 10.1. The number of phosphoric ester groups is 1. The van der Waals surface area contributed by atoms with Crippen LogP contribution in [-0.4, -0.2) is 66.5 Å². The number of hydrogen-bond acceptors (Lipinski definition) is 10. The predicted molar refractivity (Wildman–Crippen MR) is 307 cm³/mol. The first kappa shape index (κ1) is 70.4. The van der Waals surface area contributed by atoms with Crippen molar-refractivity contribution < 1.29 is 52.2 Å². The lowest BCUT2D eigenvalue weighted by Crippen LogP contribution is -2.30. The van der Waals surface area contributed by atoms with Crippen molar-refractivity contribution in [2.75, 3.05) is 26.4 Å². The molecule has 0 fully saturated rings. The topological polar surface area (TPSA) is 155 Å². The fourth-order valence-corrected chi connectivity index (χ4v) is 8.42. The van der Waals surface area contributed by atoms with Crippen LogP contribution < -0.4 is 0 Å². The van der Waals surface area contributed by atoms with E-state index in [1.165, 1.54) is 44.9 Å². The summed E-state index contributed by atoms with van der Waals surface area (Å²) in [6, 6.07) is 0. The Morgan fingerprint density at radius 3 is 1.08 bits per heavy atom. The largest absolute Gasteiger partial charge is 0.472 e. The first-order chi connectivity index (χ1) is 36.2. The number of carbonyl (C=O) groups is 3. The Balaban J connectivity index is 4.80. The summed E-state index contributed by atoms with van der Waals surface area (Å²) in [5.74, 6) is -1.51. The van der Waals surface area contributed by atoms with Crippen molar-refractivity contribution in [2.45, 2.75) is 251 Å². The number of rotatable bonds is 53. The number of aliphatic hydroxyl groups is 1. The fraction of sp³-hybridized carbons (Fsp3) is 0.694. The standard InChI is InChI=1S/C62H105O11P/c1-4-7-10-13-16-19-22-24-26-28-29-31-33-35-38-41-44-47-50-53-62(66)73-59(55-69-60(64)51-48-45-42-39-37-34-32-30-27-25-23-20-17-14-11-8-5-2)57-71-74(67,68)70-56-58(54-63)72-61(65)52-49-46-43-40-36-21-18-15-12-9-6-3/h7-8,10-11,16-17,19-20,24-27,29,31-32,34,58-59,63H,4-6,9,12-15,18,21-23,28,30,33,35-57H2,1-3H3,(H,67,68)/b10-7-,11-8-,19-16-,20-17-,26-24-,27-25-,31-29-,34-32-. The smallest absolute Gasteiger partial charge is 0.462 e. The molecule has 0 saturated heterocycles. The summed E-state index contributed by atoms with van der Waals surface area (Å²) in [6.07, 6.45) is 65.1. The number of hydrogen-bond donors (Lipinski definition) is 2. The first-order valence-corrected chi connectivity index (χ1v) is 30.6.